The Bertz CT molecular complexity index is 317. The Morgan fingerprint density at radius 3 is 2.38 bits per heavy atom. The van der Waals surface area contributed by atoms with Crippen LogP contribution in [0, 0.1) is 11.8 Å². The Morgan fingerprint density at radius 1 is 1.25 bits per heavy atom. The number of hydrogen-bond acceptors (Lipinski definition) is 3. The zero-order valence-electron chi connectivity index (χ0n) is 11.0. The highest BCUT2D eigenvalue weighted by Gasteiger charge is 2.19. The van der Waals surface area contributed by atoms with Gasteiger partial charge in [0.1, 0.15) is 12.2 Å². The van der Waals surface area contributed by atoms with Gasteiger partial charge in [-0.1, -0.05) is 20.8 Å². The van der Waals surface area contributed by atoms with Crippen LogP contribution in [0.1, 0.15) is 46.5 Å². The fourth-order valence-corrected chi connectivity index (χ4v) is 1.74. The van der Waals surface area contributed by atoms with Crippen LogP contribution in [0.15, 0.2) is 6.33 Å². The van der Waals surface area contributed by atoms with Crippen molar-refractivity contribution in [3.05, 3.63) is 12.2 Å². The first-order chi connectivity index (χ1) is 7.43. The fourth-order valence-electron chi connectivity index (χ4n) is 1.74. The van der Waals surface area contributed by atoms with E-state index in [1.165, 1.54) is 0 Å². The lowest BCUT2D eigenvalue weighted by molar-refractivity contribution is 0.335. The molecule has 1 aromatic heterocycles. The maximum atomic E-state index is 6.20. The molecule has 0 aliphatic carbocycles. The largest absolute Gasteiger partial charge is 0.327 e. The molecule has 2 N–H and O–H groups in total. The normalized spacial score (nSPS) is 15.8. The Morgan fingerprint density at radius 2 is 1.88 bits per heavy atom. The Hall–Kier alpha value is -0.900. The third kappa shape index (κ3) is 3.04. The zero-order chi connectivity index (χ0) is 12.3. The second-order valence-corrected chi connectivity index (χ2v) is 5.19. The molecule has 4 heteroatoms. The molecule has 1 rings (SSSR count). The topological polar surface area (TPSA) is 56.7 Å². The summed E-state index contributed by atoms with van der Waals surface area (Å²) in [5, 5.41) is 4.22. The highest BCUT2D eigenvalue weighted by Crippen LogP contribution is 2.16. The molecule has 0 radical (unpaired) electrons. The summed E-state index contributed by atoms with van der Waals surface area (Å²) in [5.41, 5.74) is 6.20. The minimum Gasteiger partial charge on any atom is -0.327 e. The van der Waals surface area contributed by atoms with Gasteiger partial charge in [-0.15, -0.1) is 0 Å². The van der Waals surface area contributed by atoms with Crippen molar-refractivity contribution in [2.75, 3.05) is 0 Å². The van der Waals surface area contributed by atoms with E-state index in [2.05, 4.69) is 44.7 Å². The molecule has 92 valence electrons. The molecule has 2 atom stereocenters. The Kier molecular flexibility index (Phi) is 4.47. The van der Waals surface area contributed by atoms with E-state index in [0.29, 0.717) is 17.9 Å². The molecule has 1 heterocycles. The van der Waals surface area contributed by atoms with E-state index in [-0.39, 0.29) is 6.04 Å². The number of nitrogens with zero attached hydrogens (tertiary/aromatic N) is 3. The maximum Gasteiger partial charge on any atom is 0.138 e. The second-order valence-electron chi connectivity index (χ2n) is 5.19. The van der Waals surface area contributed by atoms with Gasteiger partial charge in [0.25, 0.3) is 0 Å². The lowest BCUT2D eigenvalue weighted by atomic mass is 9.89. The first kappa shape index (κ1) is 13.2. The van der Waals surface area contributed by atoms with Crippen LogP contribution in [0.4, 0.5) is 0 Å². The Labute approximate surface area is 98.2 Å². The van der Waals surface area contributed by atoms with E-state index in [9.17, 15) is 0 Å². The van der Waals surface area contributed by atoms with Gasteiger partial charge in [-0.2, -0.15) is 5.10 Å². The summed E-state index contributed by atoms with van der Waals surface area (Å²) in [4.78, 5) is 4.29. The molecule has 0 fully saturated rings. The van der Waals surface area contributed by atoms with Gasteiger partial charge in [0.15, 0.2) is 0 Å². The summed E-state index contributed by atoms with van der Waals surface area (Å²) in [7, 11) is 0. The minimum atomic E-state index is 0.154. The molecule has 0 saturated heterocycles. The van der Waals surface area contributed by atoms with Crippen LogP contribution < -0.4 is 5.73 Å². The first-order valence-corrected chi connectivity index (χ1v) is 6.07. The average Bonchev–Trinajstić information content (AvgIpc) is 2.64. The molecule has 0 spiro atoms. The van der Waals surface area contributed by atoms with Crippen LogP contribution >= 0.6 is 0 Å². The van der Waals surface area contributed by atoms with E-state index in [4.69, 9.17) is 5.73 Å². The summed E-state index contributed by atoms with van der Waals surface area (Å²) in [6.07, 6.45) is 2.42. The van der Waals surface area contributed by atoms with Gasteiger partial charge in [0, 0.05) is 18.5 Å². The van der Waals surface area contributed by atoms with E-state index < -0.39 is 0 Å². The highest BCUT2D eigenvalue weighted by atomic mass is 15.3. The quantitative estimate of drug-likeness (QED) is 0.832. The first-order valence-electron chi connectivity index (χ1n) is 6.07. The van der Waals surface area contributed by atoms with E-state index in [1.54, 1.807) is 6.33 Å². The fraction of sp³-hybridized carbons (Fsp3) is 0.833. The monoisotopic (exact) mass is 224 g/mol. The van der Waals surface area contributed by atoms with Gasteiger partial charge in [0.2, 0.25) is 0 Å². The molecule has 0 aliphatic rings. The van der Waals surface area contributed by atoms with Gasteiger partial charge in [-0.25, -0.2) is 9.67 Å². The predicted molar refractivity (Wildman–Crippen MR) is 66.1 cm³/mol. The number of hydrogen-bond donors (Lipinski definition) is 1. The summed E-state index contributed by atoms with van der Waals surface area (Å²) in [6.45, 7) is 10.8. The summed E-state index contributed by atoms with van der Waals surface area (Å²) in [6, 6.07) is 0.501. The van der Waals surface area contributed by atoms with Crippen LogP contribution in [0.25, 0.3) is 0 Å². The van der Waals surface area contributed by atoms with Crippen LogP contribution in [0.2, 0.25) is 0 Å². The van der Waals surface area contributed by atoms with Gasteiger partial charge < -0.3 is 5.73 Å². The third-order valence-electron chi connectivity index (χ3n) is 3.28. The lowest BCUT2D eigenvalue weighted by Gasteiger charge is -2.23. The summed E-state index contributed by atoms with van der Waals surface area (Å²) in [5.74, 6) is 2.10. The molecule has 1 aromatic rings. The standard InChI is InChI=1S/C12H24N4/c1-8(2)10(5)11(13)6-12-14-7-15-16(12)9(3)4/h7-11H,6,13H2,1-5H3. The van der Waals surface area contributed by atoms with Crippen molar-refractivity contribution in [2.45, 2.75) is 53.1 Å². The van der Waals surface area contributed by atoms with Gasteiger partial charge in [-0.3, -0.25) is 0 Å². The lowest BCUT2D eigenvalue weighted by Crippen LogP contribution is -2.34. The number of nitrogens with two attached hydrogens (primary N) is 1. The number of aromatic nitrogens is 3. The molecule has 0 aliphatic heterocycles. The van der Waals surface area contributed by atoms with Crippen LogP contribution in [0.3, 0.4) is 0 Å². The minimum absolute atomic E-state index is 0.154. The SMILES string of the molecule is CC(C)C(C)C(N)Cc1ncnn1C(C)C. The van der Waals surface area contributed by atoms with E-state index in [0.717, 1.165) is 12.2 Å². The van der Waals surface area contributed by atoms with Gasteiger partial charge in [-0.05, 0) is 25.7 Å². The highest BCUT2D eigenvalue weighted by molar-refractivity contribution is 4.92. The molecule has 0 bridgehead atoms. The van der Waals surface area contributed by atoms with Crippen LogP contribution in [-0.2, 0) is 6.42 Å². The second kappa shape index (κ2) is 5.43. The molecule has 0 aromatic carbocycles. The van der Waals surface area contributed by atoms with Crippen molar-refractivity contribution in [1.82, 2.24) is 14.8 Å². The van der Waals surface area contributed by atoms with Gasteiger partial charge >= 0.3 is 0 Å². The molecular formula is C12H24N4. The maximum absolute atomic E-state index is 6.20. The molecule has 4 nitrogen and oxygen atoms in total. The molecular weight excluding hydrogens is 200 g/mol. The average molecular weight is 224 g/mol. The van der Waals surface area contributed by atoms with Crippen LogP contribution in [0.5, 0.6) is 0 Å². The van der Waals surface area contributed by atoms with Crippen molar-refractivity contribution in [3.63, 3.8) is 0 Å². The smallest absolute Gasteiger partial charge is 0.138 e. The summed E-state index contributed by atoms with van der Waals surface area (Å²) < 4.78 is 1.95. The van der Waals surface area contributed by atoms with E-state index in [1.807, 2.05) is 4.68 Å². The zero-order valence-corrected chi connectivity index (χ0v) is 11.0. The Balaban J connectivity index is 2.69. The molecule has 2 unspecified atom stereocenters. The van der Waals surface area contributed by atoms with Gasteiger partial charge in [0.05, 0.1) is 0 Å². The van der Waals surface area contributed by atoms with Crippen molar-refractivity contribution >= 4 is 0 Å². The van der Waals surface area contributed by atoms with E-state index >= 15 is 0 Å². The summed E-state index contributed by atoms with van der Waals surface area (Å²) >= 11 is 0. The predicted octanol–water partition coefficient (Wildman–Crippen LogP) is 2.02. The van der Waals surface area contributed by atoms with Crippen molar-refractivity contribution in [1.29, 1.82) is 0 Å². The van der Waals surface area contributed by atoms with Crippen molar-refractivity contribution < 1.29 is 0 Å². The molecule has 16 heavy (non-hydrogen) atoms. The molecule has 0 saturated carbocycles. The number of rotatable bonds is 5. The van der Waals surface area contributed by atoms with Crippen molar-refractivity contribution in [3.8, 4) is 0 Å². The molecule has 0 amide bonds. The van der Waals surface area contributed by atoms with Crippen LogP contribution in [-0.4, -0.2) is 20.8 Å². The third-order valence-corrected chi connectivity index (χ3v) is 3.28. The van der Waals surface area contributed by atoms with Crippen molar-refractivity contribution in [2.24, 2.45) is 17.6 Å².